The van der Waals surface area contributed by atoms with Crippen LogP contribution >= 0.6 is 0 Å². The molecule has 1 atom stereocenters. The van der Waals surface area contributed by atoms with Crippen LogP contribution in [0.1, 0.15) is 72.9 Å². The maximum absolute atomic E-state index is 12.6. The third-order valence-corrected chi connectivity index (χ3v) is 5.07. The van der Waals surface area contributed by atoms with Crippen LogP contribution in [0.2, 0.25) is 0 Å². The lowest BCUT2D eigenvalue weighted by molar-refractivity contribution is -0.133. The van der Waals surface area contributed by atoms with Crippen LogP contribution < -0.4 is 5.73 Å². The van der Waals surface area contributed by atoms with Crippen LogP contribution in [0, 0.1) is 12.8 Å². The van der Waals surface area contributed by atoms with Crippen LogP contribution in [0.25, 0.3) is 0 Å². The van der Waals surface area contributed by atoms with Gasteiger partial charge in [0.1, 0.15) is 0 Å². The predicted octanol–water partition coefficient (Wildman–Crippen LogP) is 2.13. The number of aryl methyl sites for hydroxylation is 1. The molecule has 0 spiro atoms. The second kappa shape index (κ2) is 6.64. The van der Waals surface area contributed by atoms with E-state index in [1.165, 1.54) is 31.9 Å². The third kappa shape index (κ3) is 3.35. The van der Waals surface area contributed by atoms with E-state index in [4.69, 9.17) is 5.73 Å². The summed E-state index contributed by atoms with van der Waals surface area (Å²) in [6.07, 6.45) is 8.83. The number of carbonyl (C=O) groups excluding carboxylic acids is 2. The van der Waals surface area contributed by atoms with Gasteiger partial charge in [-0.3, -0.25) is 9.59 Å². The van der Waals surface area contributed by atoms with E-state index in [2.05, 4.69) is 9.97 Å². The molecule has 1 aromatic heterocycles. The van der Waals surface area contributed by atoms with Gasteiger partial charge in [0.2, 0.25) is 5.91 Å². The molecule has 3 rings (SSSR count). The quantitative estimate of drug-likeness (QED) is 0.921. The lowest BCUT2D eigenvalue weighted by Crippen LogP contribution is -2.32. The van der Waals surface area contributed by atoms with E-state index in [9.17, 15) is 9.59 Å². The molecule has 23 heavy (non-hydrogen) atoms. The molecule has 0 radical (unpaired) electrons. The minimum atomic E-state index is -0.519. The molecule has 0 bridgehead atoms. The lowest BCUT2D eigenvalue weighted by Gasteiger charge is -2.25. The normalized spacial score (nSPS) is 21.8. The van der Waals surface area contributed by atoms with Crippen LogP contribution in [0.15, 0.2) is 6.20 Å². The van der Waals surface area contributed by atoms with Gasteiger partial charge in [0.25, 0.3) is 5.91 Å². The standard InChI is InChI=1S/C17H24N4O2/c1-11-13(16(18)23)10-19-17(20-11)14-7-4-8-21(14)15(22)9-12-5-2-3-6-12/h10,12,14H,2-9H2,1H3,(H2,18,23)/t14-/m1/s1. The first-order valence-corrected chi connectivity index (χ1v) is 8.49. The molecule has 0 unspecified atom stereocenters. The Labute approximate surface area is 136 Å². The Morgan fingerprint density at radius 3 is 2.65 bits per heavy atom. The Bertz CT molecular complexity index is 611. The van der Waals surface area contributed by atoms with Crippen LogP contribution in [-0.2, 0) is 4.79 Å². The first-order chi connectivity index (χ1) is 11.1. The second-order valence-electron chi connectivity index (χ2n) is 6.69. The summed E-state index contributed by atoms with van der Waals surface area (Å²) >= 11 is 0. The minimum Gasteiger partial charge on any atom is -0.365 e. The lowest BCUT2D eigenvalue weighted by atomic mass is 10.0. The number of carbonyl (C=O) groups is 2. The number of primary amides is 1. The van der Waals surface area contributed by atoms with Gasteiger partial charge < -0.3 is 10.6 Å². The van der Waals surface area contributed by atoms with Crippen molar-refractivity contribution in [2.45, 2.75) is 57.9 Å². The molecule has 2 heterocycles. The molecule has 2 aliphatic rings. The second-order valence-corrected chi connectivity index (χ2v) is 6.69. The molecule has 124 valence electrons. The molecule has 1 saturated heterocycles. The van der Waals surface area contributed by atoms with Gasteiger partial charge in [-0.1, -0.05) is 12.8 Å². The zero-order valence-corrected chi connectivity index (χ0v) is 13.6. The predicted molar refractivity (Wildman–Crippen MR) is 85.5 cm³/mol. The molecule has 2 amide bonds. The molecule has 1 aliphatic heterocycles. The Balaban J connectivity index is 1.74. The molecule has 1 saturated carbocycles. The third-order valence-electron chi connectivity index (χ3n) is 5.07. The number of likely N-dealkylation sites (tertiary alicyclic amines) is 1. The molecule has 2 N–H and O–H groups in total. The highest BCUT2D eigenvalue weighted by Gasteiger charge is 2.33. The fraction of sp³-hybridized carbons (Fsp3) is 0.647. The number of hydrogen-bond acceptors (Lipinski definition) is 4. The molecule has 2 fully saturated rings. The van der Waals surface area contributed by atoms with E-state index in [0.717, 1.165) is 19.4 Å². The highest BCUT2D eigenvalue weighted by molar-refractivity contribution is 5.93. The Morgan fingerprint density at radius 1 is 1.26 bits per heavy atom. The minimum absolute atomic E-state index is 0.0653. The molecule has 1 aromatic rings. The summed E-state index contributed by atoms with van der Waals surface area (Å²) in [5.74, 6) is 0.877. The first-order valence-electron chi connectivity index (χ1n) is 8.49. The Kier molecular flexibility index (Phi) is 4.59. The SMILES string of the molecule is Cc1nc([C@H]2CCCN2C(=O)CC2CCCC2)ncc1C(N)=O. The molecular formula is C17H24N4O2. The summed E-state index contributed by atoms with van der Waals surface area (Å²) in [5, 5.41) is 0. The topological polar surface area (TPSA) is 89.2 Å². The van der Waals surface area contributed by atoms with Gasteiger partial charge in [0, 0.05) is 19.2 Å². The van der Waals surface area contributed by atoms with E-state index in [0.29, 0.717) is 29.4 Å². The average Bonchev–Trinajstić information content (AvgIpc) is 3.17. The van der Waals surface area contributed by atoms with Crippen molar-refractivity contribution < 1.29 is 9.59 Å². The number of amides is 2. The van der Waals surface area contributed by atoms with Gasteiger partial charge in [-0.2, -0.15) is 0 Å². The highest BCUT2D eigenvalue weighted by atomic mass is 16.2. The summed E-state index contributed by atoms with van der Waals surface area (Å²) in [7, 11) is 0. The van der Waals surface area contributed by atoms with Crippen molar-refractivity contribution in [3.8, 4) is 0 Å². The van der Waals surface area contributed by atoms with E-state index in [1.807, 2.05) is 4.90 Å². The molecule has 1 aliphatic carbocycles. The maximum atomic E-state index is 12.6. The molecule has 6 heteroatoms. The van der Waals surface area contributed by atoms with Crippen LogP contribution in [-0.4, -0.2) is 33.2 Å². The molecule has 6 nitrogen and oxygen atoms in total. The van der Waals surface area contributed by atoms with Gasteiger partial charge in [-0.25, -0.2) is 9.97 Å². The molecular weight excluding hydrogens is 292 g/mol. The first kappa shape index (κ1) is 15.9. The van der Waals surface area contributed by atoms with E-state index in [-0.39, 0.29) is 11.9 Å². The summed E-state index contributed by atoms with van der Waals surface area (Å²) < 4.78 is 0. The Morgan fingerprint density at radius 2 is 2.00 bits per heavy atom. The van der Waals surface area contributed by atoms with Crippen LogP contribution in [0.5, 0.6) is 0 Å². The Hall–Kier alpha value is -1.98. The zero-order valence-electron chi connectivity index (χ0n) is 13.6. The maximum Gasteiger partial charge on any atom is 0.252 e. The van der Waals surface area contributed by atoms with Crippen molar-refractivity contribution in [1.82, 2.24) is 14.9 Å². The smallest absolute Gasteiger partial charge is 0.252 e. The van der Waals surface area contributed by atoms with Crippen molar-refractivity contribution in [2.75, 3.05) is 6.54 Å². The summed E-state index contributed by atoms with van der Waals surface area (Å²) in [6.45, 7) is 2.53. The van der Waals surface area contributed by atoms with Crippen molar-refractivity contribution in [3.05, 3.63) is 23.3 Å². The molecule has 0 aromatic carbocycles. The van der Waals surface area contributed by atoms with Crippen molar-refractivity contribution in [2.24, 2.45) is 11.7 Å². The summed E-state index contributed by atoms with van der Waals surface area (Å²) in [5.41, 5.74) is 6.23. The van der Waals surface area contributed by atoms with E-state index >= 15 is 0 Å². The largest absolute Gasteiger partial charge is 0.365 e. The van der Waals surface area contributed by atoms with Crippen LogP contribution in [0.3, 0.4) is 0 Å². The van der Waals surface area contributed by atoms with Gasteiger partial charge in [-0.15, -0.1) is 0 Å². The number of nitrogens with two attached hydrogens (primary N) is 1. The fourth-order valence-electron chi connectivity index (χ4n) is 3.80. The van der Waals surface area contributed by atoms with Gasteiger partial charge in [0.15, 0.2) is 5.82 Å². The number of aromatic nitrogens is 2. The zero-order chi connectivity index (χ0) is 16.4. The van der Waals surface area contributed by atoms with E-state index < -0.39 is 5.91 Å². The van der Waals surface area contributed by atoms with Crippen LogP contribution in [0.4, 0.5) is 0 Å². The van der Waals surface area contributed by atoms with Gasteiger partial charge in [0.05, 0.1) is 17.3 Å². The van der Waals surface area contributed by atoms with Gasteiger partial charge >= 0.3 is 0 Å². The van der Waals surface area contributed by atoms with Crippen molar-refractivity contribution in [1.29, 1.82) is 0 Å². The van der Waals surface area contributed by atoms with Crippen molar-refractivity contribution >= 4 is 11.8 Å². The average molecular weight is 316 g/mol. The summed E-state index contributed by atoms with van der Waals surface area (Å²) in [6, 6.07) is -0.0653. The highest BCUT2D eigenvalue weighted by Crippen LogP contribution is 2.34. The monoisotopic (exact) mass is 316 g/mol. The summed E-state index contributed by atoms with van der Waals surface area (Å²) in [4.78, 5) is 34.6. The fourth-order valence-corrected chi connectivity index (χ4v) is 3.80. The number of nitrogens with zero attached hydrogens (tertiary/aromatic N) is 3. The van der Waals surface area contributed by atoms with E-state index in [1.54, 1.807) is 6.92 Å². The van der Waals surface area contributed by atoms with Gasteiger partial charge in [-0.05, 0) is 38.5 Å². The number of hydrogen-bond donors (Lipinski definition) is 1. The van der Waals surface area contributed by atoms with Crippen molar-refractivity contribution in [3.63, 3.8) is 0 Å². The number of rotatable bonds is 4.